The van der Waals surface area contributed by atoms with Gasteiger partial charge in [0.15, 0.2) is 4.77 Å². The lowest BCUT2D eigenvalue weighted by Gasteiger charge is -2.15. The summed E-state index contributed by atoms with van der Waals surface area (Å²) in [4.78, 5) is 3.15. The molecule has 0 aliphatic carbocycles. The van der Waals surface area contributed by atoms with E-state index < -0.39 is 0 Å². The highest BCUT2D eigenvalue weighted by molar-refractivity contribution is 7.71. The van der Waals surface area contributed by atoms with E-state index in [1.807, 2.05) is 4.57 Å². The molecule has 13 heavy (non-hydrogen) atoms. The van der Waals surface area contributed by atoms with Crippen LogP contribution in [0.2, 0.25) is 0 Å². The molecule has 0 bridgehead atoms. The highest BCUT2D eigenvalue weighted by Gasteiger charge is 2.14. The number of rotatable bonds is 2. The molecule has 1 aromatic rings. The monoisotopic (exact) mass is 199 g/mol. The van der Waals surface area contributed by atoms with Crippen molar-refractivity contribution in [2.24, 2.45) is 0 Å². The van der Waals surface area contributed by atoms with E-state index in [9.17, 15) is 0 Å². The average molecular weight is 199 g/mol. The van der Waals surface area contributed by atoms with Crippen molar-refractivity contribution in [3.05, 3.63) is 10.5 Å². The van der Waals surface area contributed by atoms with Crippen LogP contribution in [-0.2, 0) is 13.0 Å². The molecule has 0 amide bonds. The predicted octanol–water partition coefficient (Wildman–Crippen LogP) is 0.896. The summed E-state index contributed by atoms with van der Waals surface area (Å²) in [6.07, 6.45) is 2.19. The van der Waals surface area contributed by atoms with E-state index in [2.05, 4.69) is 10.3 Å². The molecule has 2 rings (SSSR count). The summed E-state index contributed by atoms with van der Waals surface area (Å²) in [6.45, 7) is 1.68. The summed E-state index contributed by atoms with van der Waals surface area (Å²) in [5.41, 5.74) is 1.17. The van der Waals surface area contributed by atoms with Crippen molar-refractivity contribution < 1.29 is 5.11 Å². The van der Waals surface area contributed by atoms with E-state index in [0.29, 0.717) is 11.3 Å². The van der Waals surface area contributed by atoms with Gasteiger partial charge in [-0.2, -0.15) is 0 Å². The molecule has 2 heterocycles. The maximum Gasteiger partial charge on any atom is 0.179 e. The lowest BCUT2D eigenvalue weighted by molar-refractivity contribution is 0.276. The number of aromatic nitrogens is 2. The number of H-pyrrole nitrogens is 1. The van der Waals surface area contributed by atoms with E-state index >= 15 is 0 Å². The molecule has 3 N–H and O–H groups in total. The summed E-state index contributed by atoms with van der Waals surface area (Å²) in [7, 11) is 0. The number of aryl methyl sites for hydroxylation is 1. The Labute approximate surface area is 81.6 Å². The Morgan fingerprint density at radius 2 is 2.38 bits per heavy atom. The molecular weight excluding hydrogens is 186 g/mol. The smallest absolute Gasteiger partial charge is 0.179 e. The van der Waals surface area contributed by atoms with Crippen LogP contribution in [0.4, 0.5) is 5.82 Å². The number of fused-ring (bicyclic) bond motifs is 1. The van der Waals surface area contributed by atoms with E-state index in [-0.39, 0.29) is 6.61 Å². The summed E-state index contributed by atoms with van der Waals surface area (Å²) in [5.74, 6) is 1.06. The first-order valence-corrected chi connectivity index (χ1v) is 4.90. The number of anilines is 1. The molecule has 0 radical (unpaired) electrons. The molecule has 0 saturated heterocycles. The third kappa shape index (κ3) is 1.49. The van der Waals surface area contributed by atoms with Gasteiger partial charge in [-0.1, -0.05) is 0 Å². The fourth-order valence-electron chi connectivity index (χ4n) is 1.69. The average Bonchev–Trinajstić information content (AvgIpc) is 2.44. The van der Waals surface area contributed by atoms with E-state index in [1.165, 1.54) is 5.69 Å². The summed E-state index contributed by atoms with van der Waals surface area (Å²) in [6, 6.07) is 0. The third-order valence-electron chi connectivity index (χ3n) is 2.28. The van der Waals surface area contributed by atoms with Gasteiger partial charge in [0.25, 0.3) is 0 Å². The van der Waals surface area contributed by atoms with Crippen LogP contribution in [0.3, 0.4) is 0 Å². The van der Waals surface area contributed by atoms with Gasteiger partial charge in [-0.15, -0.1) is 0 Å². The van der Waals surface area contributed by atoms with E-state index in [4.69, 9.17) is 17.3 Å². The minimum Gasteiger partial charge on any atom is -0.395 e. The van der Waals surface area contributed by atoms with Gasteiger partial charge in [-0.25, -0.2) is 0 Å². The van der Waals surface area contributed by atoms with Crippen LogP contribution >= 0.6 is 12.2 Å². The number of aliphatic hydroxyl groups excluding tert-OH is 1. The van der Waals surface area contributed by atoms with Crippen molar-refractivity contribution in [2.75, 3.05) is 18.5 Å². The van der Waals surface area contributed by atoms with Crippen LogP contribution < -0.4 is 5.32 Å². The lowest BCUT2D eigenvalue weighted by Crippen LogP contribution is -2.15. The Kier molecular flexibility index (Phi) is 2.37. The second-order valence-electron chi connectivity index (χ2n) is 3.16. The van der Waals surface area contributed by atoms with Gasteiger partial charge in [0.05, 0.1) is 12.3 Å². The minimum absolute atomic E-state index is 0.125. The molecule has 1 aliphatic heterocycles. The van der Waals surface area contributed by atoms with Crippen molar-refractivity contribution in [2.45, 2.75) is 19.4 Å². The van der Waals surface area contributed by atoms with Gasteiger partial charge in [-0.3, -0.25) is 0 Å². The Hall–Kier alpha value is -0.810. The molecule has 0 aromatic carbocycles. The molecule has 0 atom stereocenters. The summed E-state index contributed by atoms with van der Waals surface area (Å²) < 4.78 is 2.62. The zero-order chi connectivity index (χ0) is 9.26. The van der Waals surface area contributed by atoms with Crippen LogP contribution in [0.25, 0.3) is 0 Å². The quantitative estimate of drug-likeness (QED) is 0.620. The predicted molar refractivity (Wildman–Crippen MR) is 53.5 cm³/mol. The molecule has 0 spiro atoms. The SMILES string of the molecule is OCCn1c2c([nH]c1=S)CCCN2. The van der Waals surface area contributed by atoms with Gasteiger partial charge >= 0.3 is 0 Å². The molecule has 72 valence electrons. The number of aromatic amines is 1. The Bertz CT molecular complexity index is 355. The zero-order valence-corrected chi connectivity index (χ0v) is 8.15. The van der Waals surface area contributed by atoms with E-state index in [0.717, 1.165) is 25.2 Å². The van der Waals surface area contributed by atoms with Gasteiger partial charge in [-0.05, 0) is 25.1 Å². The second-order valence-corrected chi connectivity index (χ2v) is 3.55. The maximum absolute atomic E-state index is 8.86. The normalized spacial score (nSPS) is 15.2. The Balaban J connectivity index is 2.42. The summed E-state index contributed by atoms with van der Waals surface area (Å²) >= 11 is 5.14. The number of hydrogen-bond donors (Lipinski definition) is 3. The number of imidazole rings is 1. The number of nitrogens with zero attached hydrogens (tertiary/aromatic N) is 1. The van der Waals surface area contributed by atoms with Crippen molar-refractivity contribution >= 4 is 18.0 Å². The molecule has 0 fully saturated rings. The first-order chi connectivity index (χ1) is 6.33. The minimum atomic E-state index is 0.125. The Morgan fingerprint density at radius 1 is 1.54 bits per heavy atom. The maximum atomic E-state index is 8.86. The molecule has 1 aliphatic rings. The molecule has 0 unspecified atom stereocenters. The van der Waals surface area contributed by atoms with Crippen molar-refractivity contribution in [1.82, 2.24) is 9.55 Å². The standard InChI is InChI=1S/C8H13N3OS/c12-5-4-11-7-6(10-8(11)13)2-1-3-9-7/h9,12H,1-5H2,(H,10,13). The first-order valence-electron chi connectivity index (χ1n) is 4.49. The van der Waals surface area contributed by atoms with Crippen molar-refractivity contribution in [1.29, 1.82) is 0 Å². The molecule has 1 aromatic heterocycles. The topological polar surface area (TPSA) is 53.0 Å². The molecule has 4 nitrogen and oxygen atoms in total. The highest BCUT2D eigenvalue weighted by atomic mass is 32.1. The van der Waals surface area contributed by atoms with Gasteiger partial charge in [0, 0.05) is 13.1 Å². The van der Waals surface area contributed by atoms with Gasteiger partial charge in [0.2, 0.25) is 0 Å². The molecule has 0 saturated carbocycles. The largest absolute Gasteiger partial charge is 0.395 e. The molecular formula is C8H13N3OS. The molecule has 5 heteroatoms. The second kappa shape index (κ2) is 3.51. The summed E-state index contributed by atoms with van der Waals surface area (Å²) in [5, 5.41) is 12.1. The van der Waals surface area contributed by atoms with Crippen LogP contribution in [0.5, 0.6) is 0 Å². The fraction of sp³-hybridized carbons (Fsp3) is 0.625. The van der Waals surface area contributed by atoms with Crippen LogP contribution in [0, 0.1) is 4.77 Å². The lowest BCUT2D eigenvalue weighted by atomic mass is 10.2. The number of nitrogens with one attached hydrogen (secondary N) is 2. The number of hydrogen-bond acceptors (Lipinski definition) is 3. The van der Waals surface area contributed by atoms with Crippen molar-refractivity contribution in [3.63, 3.8) is 0 Å². The Morgan fingerprint density at radius 3 is 3.15 bits per heavy atom. The van der Waals surface area contributed by atoms with Crippen molar-refractivity contribution in [3.8, 4) is 0 Å². The highest BCUT2D eigenvalue weighted by Crippen LogP contribution is 2.21. The van der Waals surface area contributed by atoms with Crippen LogP contribution in [0.15, 0.2) is 0 Å². The third-order valence-corrected chi connectivity index (χ3v) is 2.60. The fourth-order valence-corrected chi connectivity index (χ4v) is 1.99. The zero-order valence-electron chi connectivity index (χ0n) is 7.34. The van der Waals surface area contributed by atoms with Crippen LogP contribution in [-0.4, -0.2) is 27.8 Å². The van der Waals surface area contributed by atoms with Gasteiger partial charge < -0.3 is 20.0 Å². The van der Waals surface area contributed by atoms with Gasteiger partial charge in [0.1, 0.15) is 5.82 Å². The van der Waals surface area contributed by atoms with Crippen LogP contribution in [0.1, 0.15) is 12.1 Å². The van der Waals surface area contributed by atoms with E-state index in [1.54, 1.807) is 0 Å². The number of aliphatic hydroxyl groups is 1. The first kappa shape index (κ1) is 8.77.